The molecule has 0 aliphatic rings. The summed E-state index contributed by atoms with van der Waals surface area (Å²) in [5.74, 6) is -5.10. The number of ether oxygens (including phenoxy) is 1. The van der Waals surface area contributed by atoms with E-state index >= 15 is 0 Å². The average Bonchev–Trinajstić information content (AvgIpc) is 2.43. The zero-order chi connectivity index (χ0) is 20.6. The first-order chi connectivity index (χ1) is 11.5. The van der Waals surface area contributed by atoms with Crippen LogP contribution < -0.4 is 5.73 Å². The van der Waals surface area contributed by atoms with Crippen molar-refractivity contribution in [1.29, 1.82) is 0 Å². The van der Waals surface area contributed by atoms with Gasteiger partial charge >= 0.3 is 23.9 Å². The van der Waals surface area contributed by atoms with E-state index in [1.165, 1.54) is 0 Å². The van der Waals surface area contributed by atoms with Crippen molar-refractivity contribution < 1.29 is 48.8 Å². The van der Waals surface area contributed by atoms with Crippen LogP contribution in [0.15, 0.2) is 18.2 Å². The Morgan fingerprint density at radius 3 is 2.04 bits per heavy atom. The third-order valence-corrected chi connectivity index (χ3v) is 3.94. The Bertz CT molecular complexity index is 778. The number of esters is 1. The van der Waals surface area contributed by atoms with E-state index in [1.807, 2.05) is 0 Å². The van der Waals surface area contributed by atoms with Crippen molar-refractivity contribution in [2.75, 3.05) is 11.5 Å². The molecule has 1 rings (SSSR count). The van der Waals surface area contributed by atoms with Crippen molar-refractivity contribution in [3.63, 3.8) is 0 Å². The highest BCUT2D eigenvalue weighted by molar-refractivity contribution is 7.85. The van der Waals surface area contributed by atoms with Crippen LogP contribution in [0, 0.1) is 0 Å². The van der Waals surface area contributed by atoms with Crippen molar-refractivity contribution >= 4 is 29.6 Å². The monoisotopic (exact) mass is 405 g/mol. The maximum atomic E-state index is 13.1. The second-order valence-electron chi connectivity index (χ2n) is 5.06. The molecule has 0 saturated carbocycles. The van der Waals surface area contributed by atoms with Gasteiger partial charge in [-0.25, -0.2) is 4.79 Å². The SMILES string of the molecule is [B]Cc1cc(C(=O)OC(CS(=O)(=O)O)(C(F)(F)F)C(F)(F)F)ccc1N. The number of benzene rings is 1. The molecule has 144 valence electrons. The Balaban J connectivity index is 3.48. The summed E-state index contributed by atoms with van der Waals surface area (Å²) in [5, 5.41) is 0. The molecule has 0 aromatic heterocycles. The molecule has 6 nitrogen and oxygen atoms in total. The number of nitrogen functional groups attached to an aromatic ring is 1. The Hall–Kier alpha value is -1.96. The zero-order valence-corrected chi connectivity index (χ0v) is 13.4. The number of anilines is 1. The van der Waals surface area contributed by atoms with Crippen molar-refractivity contribution in [1.82, 2.24) is 0 Å². The Morgan fingerprint density at radius 1 is 1.15 bits per heavy atom. The van der Waals surface area contributed by atoms with Gasteiger partial charge in [-0.1, -0.05) is 6.32 Å². The number of halogens is 6. The van der Waals surface area contributed by atoms with Gasteiger partial charge in [-0.05, 0) is 23.8 Å². The van der Waals surface area contributed by atoms with Gasteiger partial charge in [0.25, 0.3) is 10.1 Å². The van der Waals surface area contributed by atoms with Crippen LogP contribution in [0.2, 0.25) is 0 Å². The molecule has 0 aliphatic carbocycles. The average molecular weight is 405 g/mol. The lowest BCUT2D eigenvalue weighted by molar-refractivity contribution is -0.356. The quantitative estimate of drug-likeness (QED) is 0.255. The first-order valence-electron chi connectivity index (χ1n) is 6.44. The van der Waals surface area contributed by atoms with Gasteiger partial charge in [-0.2, -0.15) is 34.8 Å². The van der Waals surface area contributed by atoms with E-state index in [2.05, 4.69) is 4.74 Å². The lowest BCUT2D eigenvalue weighted by Gasteiger charge is -2.35. The molecule has 26 heavy (non-hydrogen) atoms. The van der Waals surface area contributed by atoms with Crippen LogP contribution in [-0.4, -0.2) is 50.5 Å². The van der Waals surface area contributed by atoms with E-state index in [9.17, 15) is 39.6 Å². The van der Waals surface area contributed by atoms with Crippen LogP contribution in [0.1, 0.15) is 15.9 Å². The zero-order valence-electron chi connectivity index (χ0n) is 12.6. The number of carbonyl (C=O) groups excluding carboxylic acids is 1. The van der Waals surface area contributed by atoms with Crippen LogP contribution in [0.25, 0.3) is 0 Å². The fourth-order valence-electron chi connectivity index (χ4n) is 1.85. The number of rotatable bonds is 5. The number of carbonyl (C=O) groups is 1. The van der Waals surface area contributed by atoms with E-state index in [1.54, 1.807) is 0 Å². The van der Waals surface area contributed by atoms with Gasteiger partial charge in [0, 0.05) is 5.69 Å². The molecule has 0 amide bonds. The van der Waals surface area contributed by atoms with Gasteiger partial charge in [0.15, 0.2) is 0 Å². The van der Waals surface area contributed by atoms with Crippen LogP contribution >= 0.6 is 0 Å². The molecular weight excluding hydrogens is 395 g/mol. The van der Waals surface area contributed by atoms with Crippen molar-refractivity contribution in [3.8, 4) is 0 Å². The number of hydrogen-bond donors (Lipinski definition) is 2. The summed E-state index contributed by atoms with van der Waals surface area (Å²) in [7, 11) is -0.588. The smallest absolute Gasteiger partial charge is 0.435 e. The molecule has 14 heteroatoms. The second-order valence-corrected chi connectivity index (χ2v) is 6.51. The molecule has 0 unspecified atom stereocenters. The minimum atomic E-state index is -6.40. The number of hydrogen-bond acceptors (Lipinski definition) is 5. The van der Waals surface area contributed by atoms with Gasteiger partial charge in [0.05, 0.1) is 13.4 Å². The first-order valence-corrected chi connectivity index (χ1v) is 8.05. The number of nitrogens with two attached hydrogens (primary N) is 1. The van der Waals surface area contributed by atoms with Gasteiger partial charge in [-0.3, -0.25) is 4.55 Å². The molecule has 0 aliphatic heterocycles. The van der Waals surface area contributed by atoms with Gasteiger partial charge in [-0.15, -0.1) is 0 Å². The summed E-state index contributed by atoms with van der Waals surface area (Å²) in [4.78, 5) is 11.8. The third kappa shape index (κ3) is 4.61. The maximum Gasteiger partial charge on any atom is 0.438 e. The summed E-state index contributed by atoms with van der Waals surface area (Å²) in [6.45, 7) is 0. The molecular formula is C12H10BF6NO5S. The van der Waals surface area contributed by atoms with Crippen LogP contribution in [0.5, 0.6) is 0 Å². The number of alkyl halides is 6. The van der Waals surface area contributed by atoms with E-state index in [0.29, 0.717) is 0 Å². The predicted molar refractivity (Wildman–Crippen MR) is 77.0 cm³/mol. The Morgan fingerprint density at radius 2 is 1.65 bits per heavy atom. The minimum Gasteiger partial charge on any atom is -0.435 e. The summed E-state index contributed by atoms with van der Waals surface area (Å²) < 4.78 is 112. The van der Waals surface area contributed by atoms with Gasteiger partial charge in [0.1, 0.15) is 5.75 Å². The second kappa shape index (κ2) is 6.98. The van der Waals surface area contributed by atoms with Gasteiger partial charge < -0.3 is 10.5 Å². The first kappa shape index (κ1) is 22.1. The van der Waals surface area contributed by atoms with Crippen LogP contribution in [-0.2, 0) is 21.2 Å². The topological polar surface area (TPSA) is 107 Å². The standard InChI is InChI=1S/C12H10BF6NO5S/c13-4-7-3-6(1-2-8(7)20)9(21)25-10(11(14,15)16,12(17,18)19)5-26(22,23)24/h1-3H,4-5,20H2,(H,22,23,24). The Kier molecular flexibility index (Phi) is 5.93. The summed E-state index contributed by atoms with van der Waals surface area (Å²) >= 11 is 0. The summed E-state index contributed by atoms with van der Waals surface area (Å²) in [6, 6.07) is 2.55. The summed E-state index contributed by atoms with van der Waals surface area (Å²) in [6.07, 6.45) is -13.1. The Labute approximate surface area is 144 Å². The predicted octanol–water partition coefficient (Wildman–Crippen LogP) is 1.85. The van der Waals surface area contributed by atoms with Crippen molar-refractivity contribution in [3.05, 3.63) is 29.3 Å². The van der Waals surface area contributed by atoms with Crippen LogP contribution in [0.3, 0.4) is 0 Å². The largest absolute Gasteiger partial charge is 0.438 e. The molecule has 0 bridgehead atoms. The molecule has 0 saturated heterocycles. The molecule has 0 fully saturated rings. The molecule has 0 atom stereocenters. The molecule has 3 N–H and O–H groups in total. The van der Waals surface area contributed by atoms with E-state index in [0.717, 1.165) is 18.2 Å². The highest BCUT2D eigenvalue weighted by atomic mass is 32.2. The minimum absolute atomic E-state index is 0.0138. The fourth-order valence-corrected chi connectivity index (χ4v) is 2.75. The molecule has 0 spiro atoms. The normalized spacial score (nSPS) is 13.5. The molecule has 1 aromatic rings. The maximum absolute atomic E-state index is 13.1. The van der Waals surface area contributed by atoms with E-state index < -0.39 is 45.4 Å². The van der Waals surface area contributed by atoms with Gasteiger partial charge in [0.2, 0.25) is 0 Å². The van der Waals surface area contributed by atoms with Crippen molar-refractivity contribution in [2.45, 2.75) is 24.3 Å². The van der Waals surface area contributed by atoms with Crippen molar-refractivity contribution in [2.24, 2.45) is 0 Å². The van der Waals surface area contributed by atoms with Crippen LogP contribution in [0.4, 0.5) is 32.0 Å². The fraction of sp³-hybridized carbons (Fsp3) is 0.417. The third-order valence-electron chi connectivity index (χ3n) is 3.17. The molecule has 2 radical (unpaired) electrons. The lowest BCUT2D eigenvalue weighted by Crippen LogP contribution is -2.63. The molecule has 0 heterocycles. The lowest BCUT2D eigenvalue weighted by atomic mass is 9.94. The van der Waals surface area contributed by atoms with E-state index in [4.69, 9.17) is 18.1 Å². The summed E-state index contributed by atoms with van der Waals surface area (Å²) in [5.41, 5.74) is -0.776. The highest BCUT2D eigenvalue weighted by Crippen LogP contribution is 2.47. The van der Waals surface area contributed by atoms with E-state index in [-0.39, 0.29) is 17.6 Å². The highest BCUT2D eigenvalue weighted by Gasteiger charge is 2.76. The molecule has 1 aromatic carbocycles.